The van der Waals surface area contributed by atoms with E-state index in [4.69, 9.17) is 4.74 Å². The van der Waals surface area contributed by atoms with Gasteiger partial charge in [-0.25, -0.2) is 23.1 Å². The predicted octanol–water partition coefficient (Wildman–Crippen LogP) is 7.89. The van der Waals surface area contributed by atoms with Crippen molar-refractivity contribution in [1.29, 1.82) is 0 Å². The molecule has 5 aromatic rings. The van der Waals surface area contributed by atoms with E-state index in [1.54, 1.807) is 18.2 Å². The van der Waals surface area contributed by atoms with Crippen molar-refractivity contribution in [2.75, 3.05) is 0 Å². The Kier molecular flexibility index (Phi) is 5.79. The van der Waals surface area contributed by atoms with E-state index in [0.29, 0.717) is 21.6 Å². The van der Waals surface area contributed by atoms with Crippen molar-refractivity contribution in [2.45, 2.75) is 19.1 Å². The van der Waals surface area contributed by atoms with Crippen LogP contribution in [-0.2, 0) is 12.2 Å². The number of nitrogens with zero attached hydrogens (tertiary/aromatic N) is 2. The maximum atomic E-state index is 14.8. The molecule has 0 aliphatic carbocycles. The number of halogens is 7. The van der Waals surface area contributed by atoms with E-state index in [1.807, 2.05) is 6.92 Å². The fraction of sp³-hybridized carbons (Fsp3) is 0.130. The summed E-state index contributed by atoms with van der Waals surface area (Å²) in [5.41, 5.74) is 1.28. The van der Waals surface area contributed by atoms with Gasteiger partial charge in [-0.1, -0.05) is 6.07 Å². The molecule has 13 heteroatoms. The van der Waals surface area contributed by atoms with Crippen LogP contribution >= 0.6 is 22.7 Å². The monoisotopic (exact) mass is 544 g/mol. The molecule has 0 N–H and O–H groups in total. The molecule has 0 aliphatic heterocycles. The van der Waals surface area contributed by atoms with Crippen LogP contribution in [0.1, 0.15) is 15.6 Å². The highest BCUT2D eigenvalue weighted by Gasteiger charge is 2.41. The summed E-state index contributed by atoms with van der Waals surface area (Å²) in [6.45, 7) is 1.82. The summed E-state index contributed by atoms with van der Waals surface area (Å²) >= 11 is 1.15. The largest absolute Gasteiger partial charge is 0.454 e. The van der Waals surface area contributed by atoms with E-state index in [2.05, 4.69) is 14.7 Å². The lowest BCUT2D eigenvalue weighted by Crippen LogP contribution is -2.21. The molecular formula is C23H11F7N2O2S2. The van der Waals surface area contributed by atoms with Gasteiger partial charge in [-0.15, -0.1) is 22.7 Å². The van der Waals surface area contributed by atoms with E-state index in [9.17, 15) is 30.7 Å². The lowest BCUT2D eigenvalue weighted by molar-refractivity contribution is -0.186. The van der Waals surface area contributed by atoms with Gasteiger partial charge in [0.1, 0.15) is 11.5 Å². The number of rotatable bonds is 6. The van der Waals surface area contributed by atoms with Gasteiger partial charge in [-0.3, -0.25) is 0 Å². The summed E-state index contributed by atoms with van der Waals surface area (Å²) < 4.78 is 108. The van der Waals surface area contributed by atoms with Crippen LogP contribution in [0, 0.1) is 24.4 Å². The van der Waals surface area contributed by atoms with Crippen molar-refractivity contribution < 1.29 is 40.2 Å². The van der Waals surface area contributed by atoms with Gasteiger partial charge in [-0.05, 0) is 42.8 Å². The zero-order chi connectivity index (χ0) is 25.8. The molecule has 3 aromatic carbocycles. The molecule has 0 radical (unpaired) electrons. The number of benzene rings is 3. The Morgan fingerprint density at radius 1 is 0.667 bits per heavy atom. The van der Waals surface area contributed by atoms with E-state index in [1.165, 1.54) is 6.07 Å². The highest BCUT2D eigenvalue weighted by atomic mass is 32.1. The zero-order valence-electron chi connectivity index (χ0n) is 17.8. The van der Waals surface area contributed by atoms with E-state index < -0.39 is 45.4 Å². The fourth-order valence-corrected chi connectivity index (χ4v) is 5.11. The minimum absolute atomic E-state index is 0.0147. The molecular weight excluding hydrogens is 533 g/mol. The Morgan fingerprint density at radius 2 is 1.17 bits per heavy atom. The molecule has 0 atom stereocenters. The second-order valence-electron chi connectivity index (χ2n) is 7.58. The highest BCUT2D eigenvalue weighted by Crippen LogP contribution is 2.40. The standard InChI is InChI=1S/C23H11F7N2O2S2/c1-10-2-4-15-17(6-10)35-20(31-15)22(27,28)33-11-3-5-16-18(9-11)36-21(32-16)23(29,30)34-12-7-13(24)19(26)14(25)8-12/h2-9H,1H3. The molecule has 0 saturated heterocycles. The van der Waals surface area contributed by atoms with E-state index in [0.717, 1.165) is 29.0 Å². The van der Waals surface area contributed by atoms with E-state index >= 15 is 0 Å². The molecule has 0 bridgehead atoms. The topological polar surface area (TPSA) is 44.2 Å². The maximum Gasteiger partial charge on any atom is 0.454 e. The molecule has 186 valence electrons. The second-order valence-corrected chi connectivity index (χ2v) is 9.64. The Hall–Kier alpha value is -3.45. The Bertz CT molecular complexity index is 1590. The van der Waals surface area contributed by atoms with Crippen LogP contribution in [-0.4, -0.2) is 9.97 Å². The van der Waals surface area contributed by atoms with Crippen molar-refractivity contribution >= 4 is 43.1 Å². The van der Waals surface area contributed by atoms with Crippen LogP contribution in [0.5, 0.6) is 11.5 Å². The summed E-state index contributed by atoms with van der Waals surface area (Å²) in [6, 6.07) is 9.00. The average Bonchev–Trinajstić information content (AvgIpc) is 3.41. The first-order valence-corrected chi connectivity index (χ1v) is 11.6. The normalized spacial score (nSPS) is 12.4. The van der Waals surface area contributed by atoms with E-state index in [-0.39, 0.29) is 28.1 Å². The van der Waals surface area contributed by atoms with Crippen LogP contribution in [0.15, 0.2) is 48.5 Å². The van der Waals surface area contributed by atoms with Gasteiger partial charge in [-0.2, -0.15) is 17.6 Å². The van der Waals surface area contributed by atoms with Gasteiger partial charge in [0.15, 0.2) is 17.5 Å². The number of aromatic nitrogens is 2. The van der Waals surface area contributed by atoms with Crippen molar-refractivity contribution in [3.8, 4) is 11.5 Å². The predicted molar refractivity (Wildman–Crippen MR) is 119 cm³/mol. The molecule has 2 aromatic heterocycles. The summed E-state index contributed by atoms with van der Waals surface area (Å²) in [7, 11) is 0. The minimum Gasteiger partial charge on any atom is -0.427 e. The van der Waals surface area contributed by atoms with Gasteiger partial charge < -0.3 is 9.47 Å². The van der Waals surface area contributed by atoms with Crippen molar-refractivity contribution in [1.82, 2.24) is 9.97 Å². The molecule has 0 fully saturated rings. The second kappa shape index (κ2) is 8.59. The summed E-state index contributed by atoms with van der Waals surface area (Å²) in [6.07, 6.45) is -7.97. The first-order chi connectivity index (χ1) is 16.9. The van der Waals surface area contributed by atoms with Gasteiger partial charge in [0, 0.05) is 12.1 Å². The number of alkyl halides is 4. The van der Waals surface area contributed by atoms with Gasteiger partial charge in [0.2, 0.25) is 10.0 Å². The Balaban J connectivity index is 1.40. The van der Waals surface area contributed by atoms with Crippen LogP contribution in [0.25, 0.3) is 20.4 Å². The molecule has 2 heterocycles. The molecule has 0 amide bonds. The summed E-state index contributed by atoms with van der Waals surface area (Å²) in [5.74, 6) is -6.56. The first-order valence-electron chi connectivity index (χ1n) is 9.98. The third-order valence-electron chi connectivity index (χ3n) is 4.85. The quantitative estimate of drug-likeness (QED) is 0.161. The fourth-order valence-electron chi connectivity index (χ4n) is 3.22. The third kappa shape index (κ3) is 4.55. The maximum absolute atomic E-state index is 14.8. The zero-order valence-corrected chi connectivity index (χ0v) is 19.4. The van der Waals surface area contributed by atoms with Crippen molar-refractivity contribution in [2.24, 2.45) is 0 Å². The molecule has 0 spiro atoms. The van der Waals surface area contributed by atoms with Gasteiger partial charge >= 0.3 is 12.2 Å². The number of fused-ring (bicyclic) bond motifs is 2. The first kappa shape index (κ1) is 24.3. The average molecular weight is 544 g/mol. The SMILES string of the molecule is Cc1ccc2nc(C(F)(F)Oc3ccc4nc(C(F)(F)Oc5cc(F)c(F)c(F)c5)sc4c3)sc2c1. The van der Waals surface area contributed by atoms with Crippen LogP contribution in [0.4, 0.5) is 30.7 Å². The number of hydrogen-bond acceptors (Lipinski definition) is 6. The lowest BCUT2D eigenvalue weighted by atomic mass is 10.2. The number of ether oxygens (including phenoxy) is 2. The van der Waals surface area contributed by atoms with Crippen LogP contribution in [0.3, 0.4) is 0 Å². The molecule has 4 nitrogen and oxygen atoms in total. The van der Waals surface area contributed by atoms with Crippen LogP contribution in [0.2, 0.25) is 0 Å². The summed E-state index contributed by atoms with van der Waals surface area (Å²) in [4.78, 5) is 7.62. The molecule has 5 rings (SSSR count). The molecule has 0 saturated carbocycles. The third-order valence-corrected chi connectivity index (χ3v) is 6.99. The van der Waals surface area contributed by atoms with Crippen LogP contribution < -0.4 is 9.47 Å². The van der Waals surface area contributed by atoms with Gasteiger partial charge in [0.05, 0.1) is 20.4 Å². The lowest BCUT2D eigenvalue weighted by Gasteiger charge is -2.15. The number of hydrogen-bond donors (Lipinski definition) is 0. The highest BCUT2D eigenvalue weighted by molar-refractivity contribution is 7.19. The summed E-state index contributed by atoms with van der Waals surface area (Å²) in [5, 5.41) is -1.50. The van der Waals surface area contributed by atoms with Crippen molar-refractivity contribution in [3.63, 3.8) is 0 Å². The van der Waals surface area contributed by atoms with Gasteiger partial charge in [0.25, 0.3) is 0 Å². The number of aryl methyl sites for hydroxylation is 1. The number of thiazole rings is 2. The molecule has 0 unspecified atom stereocenters. The van der Waals surface area contributed by atoms with Crippen molar-refractivity contribution in [3.05, 3.63) is 81.6 Å². The smallest absolute Gasteiger partial charge is 0.427 e. The Labute approximate surface area is 205 Å². The Morgan fingerprint density at radius 3 is 1.75 bits per heavy atom. The molecule has 0 aliphatic rings. The molecule has 36 heavy (non-hydrogen) atoms. The minimum atomic E-state index is -4.16.